The monoisotopic (exact) mass is 358 g/mol. The first kappa shape index (κ1) is 19.4. The first-order valence-corrected chi connectivity index (χ1v) is 8.46. The minimum Gasteiger partial charge on any atom is -0.444 e. The number of amides is 1. The van der Waals surface area contributed by atoms with Crippen molar-refractivity contribution in [3.63, 3.8) is 0 Å². The van der Waals surface area contributed by atoms with Crippen LogP contribution in [-0.2, 0) is 10.9 Å². The molecule has 1 aliphatic rings. The Hall–Kier alpha value is -1.92. The Morgan fingerprint density at radius 2 is 1.92 bits per heavy atom. The maximum absolute atomic E-state index is 12.8. The van der Waals surface area contributed by atoms with Gasteiger partial charge in [-0.05, 0) is 58.2 Å². The first-order chi connectivity index (χ1) is 11.5. The fourth-order valence-corrected chi connectivity index (χ4v) is 2.77. The number of benzene rings is 1. The number of alkyl halides is 3. The van der Waals surface area contributed by atoms with E-state index in [1.165, 1.54) is 6.07 Å². The van der Waals surface area contributed by atoms with E-state index < -0.39 is 17.3 Å². The number of carbonyl (C=O) groups is 1. The molecule has 1 amide bonds. The molecule has 140 valence electrons. The van der Waals surface area contributed by atoms with Crippen LogP contribution in [0.5, 0.6) is 0 Å². The minimum atomic E-state index is -4.35. The Balaban J connectivity index is 1.94. The quantitative estimate of drug-likeness (QED) is 0.817. The van der Waals surface area contributed by atoms with Gasteiger partial charge in [-0.1, -0.05) is 6.07 Å². The van der Waals surface area contributed by atoms with Gasteiger partial charge in [-0.2, -0.15) is 13.2 Å². The highest BCUT2D eigenvalue weighted by atomic mass is 19.4. The van der Waals surface area contributed by atoms with E-state index in [0.29, 0.717) is 25.2 Å². The second-order valence-corrected chi connectivity index (χ2v) is 7.32. The molecular formula is C18H25F3N2O2. The van der Waals surface area contributed by atoms with Gasteiger partial charge in [0.1, 0.15) is 5.60 Å². The predicted molar refractivity (Wildman–Crippen MR) is 90.5 cm³/mol. The summed E-state index contributed by atoms with van der Waals surface area (Å²) in [4.78, 5) is 13.8. The molecule has 1 aliphatic heterocycles. The van der Waals surface area contributed by atoms with Crippen molar-refractivity contribution in [2.24, 2.45) is 0 Å². The topological polar surface area (TPSA) is 41.6 Å². The predicted octanol–water partition coefficient (Wildman–Crippen LogP) is 4.91. The van der Waals surface area contributed by atoms with E-state index in [-0.39, 0.29) is 12.1 Å². The molecule has 0 aliphatic carbocycles. The number of anilines is 1. The van der Waals surface area contributed by atoms with Gasteiger partial charge in [0, 0.05) is 24.8 Å². The van der Waals surface area contributed by atoms with Crippen LogP contribution in [-0.4, -0.2) is 35.7 Å². The van der Waals surface area contributed by atoms with Gasteiger partial charge in [-0.25, -0.2) is 4.79 Å². The highest BCUT2D eigenvalue weighted by Gasteiger charge is 2.31. The fourth-order valence-electron chi connectivity index (χ4n) is 2.77. The van der Waals surface area contributed by atoms with Gasteiger partial charge in [0.05, 0.1) is 5.56 Å². The van der Waals surface area contributed by atoms with Crippen LogP contribution in [0.4, 0.5) is 23.7 Å². The third kappa shape index (κ3) is 6.14. The second kappa shape index (κ2) is 7.54. The third-order valence-corrected chi connectivity index (χ3v) is 3.94. The number of nitrogens with one attached hydrogen (secondary N) is 1. The number of hydrogen-bond acceptors (Lipinski definition) is 3. The fraction of sp³-hybridized carbons (Fsp3) is 0.611. The Bertz CT molecular complexity index is 597. The molecular weight excluding hydrogens is 333 g/mol. The number of ether oxygens (including phenoxy) is 1. The van der Waals surface area contributed by atoms with Crippen molar-refractivity contribution in [3.05, 3.63) is 29.8 Å². The average Bonchev–Trinajstić information content (AvgIpc) is 2.70. The largest absolute Gasteiger partial charge is 0.444 e. The highest BCUT2D eigenvalue weighted by Crippen LogP contribution is 2.31. The molecule has 2 rings (SSSR count). The van der Waals surface area contributed by atoms with Crippen molar-refractivity contribution in [3.8, 4) is 0 Å². The van der Waals surface area contributed by atoms with Gasteiger partial charge in [0.15, 0.2) is 0 Å². The molecule has 1 N–H and O–H groups in total. The first-order valence-electron chi connectivity index (χ1n) is 8.46. The normalized spacial score (nSPS) is 19.3. The van der Waals surface area contributed by atoms with Gasteiger partial charge in [-0.3, -0.25) is 0 Å². The Morgan fingerprint density at radius 3 is 2.56 bits per heavy atom. The molecule has 1 atom stereocenters. The average molecular weight is 358 g/mol. The van der Waals surface area contributed by atoms with Crippen LogP contribution in [0.15, 0.2) is 24.3 Å². The molecule has 0 aromatic heterocycles. The molecule has 1 aromatic rings. The number of likely N-dealkylation sites (tertiary alicyclic amines) is 1. The summed E-state index contributed by atoms with van der Waals surface area (Å²) in [6.45, 7) is 6.57. The molecule has 1 fully saturated rings. The van der Waals surface area contributed by atoms with E-state index in [9.17, 15) is 18.0 Å². The SMILES string of the molecule is CC(C)(C)OC(=O)N1CCCC(Nc2cccc(C(F)(F)F)c2)CC1. The van der Waals surface area contributed by atoms with E-state index in [2.05, 4.69) is 5.32 Å². The zero-order valence-electron chi connectivity index (χ0n) is 14.8. The van der Waals surface area contributed by atoms with Crippen LogP contribution >= 0.6 is 0 Å². The minimum absolute atomic E-state index is 0.0240. The maximum Gasteiger partial charge on any atom is 0.416 e. The van der Waals surface area contributed by atoms with Crippen molar-refractivity contribution in [1.29, 1.82) is 0 Å². The third-order valence-electron chi connectivity index (χ3n) is 3.94. The number of halogens is 3. The van der Waals surface area contributed by atoms with E-state index in [1.807, 2.05) is 20.8 Å². The highest BCUT2D eigenvalue weighted by molar-refractivity contribution is 5.68. The molecule has 1 saturated heterocycles. The Morgan fingerprint density at radius 1 is 1.20 bits per heavy atom. The molecule has 0 radical (unpaired) electrons. The molecule has 4 nitrogen and oxygen atoms in total. The summed E-state index contributed by atoms with van der Waals surface area (Å²) in [7, 11) is 0. The smallest absolute Gasteiger partial charge is 0.416 e. The summed E-state index contributed by atoms with van der Waals surface area (Å²) in [6, 6.07) is 5.23. The summed E-state index contributed by atoms with van der Waals surface area (Å²) in [5, 5.41) is 3.16. The number of rotatable bonds is 2. The summed E-state index contributed by atoms with van der Waals surface area (Å²) in [6.07, 6.45) is -2.47. The lowest BCUT2D eigenvalue weighted by Crippen LogP contribution is -2.37. The van der Waals surface area contributed by atoms with Crippen LogP contribution in [0.1, 0.15) is 45.6 Å². The molecule has 1 aromatic carbocycles. The van der Waals surface area contributed by atoms with Crippen molar-refractivity contribution in [2.75, 3.05) is 18.4 Å². The van der Waals surface area contributed by atoms with E-state index >= 15 is 0 Å². The Kier molecular flexibility index (Phi) is 5.85. The molecule has 0 bridgehead atoms. The lowest BCUT2D eigenvalue weighted by Gasteiger charge is -2.26. The van der Waals surface area contributed by atoms with Gasteiger partial charge < -0.3 is 15.0 Å². The lowest BCUT2D eigenvalue weighted by molar-refractivity contribution is -0.137. The molecule has 0 spiro atoms. The van der Waals surface area contributed by atoms with Gasteiger partial charge in [0.2, 0.25) is 0 Å². The summed E-state index contributed by atoms with van der Waals surface area (Å²) < 4.78 is 43.8. The van der Waals surface area contributed by atoms with Crippen molar-refractivity contribution in [1.82, 2.24) is 4.90 Å². The van der Waals surface area contributed by atoms with Crippen LogP contribution in [0.25, 0.3) is 0 Å². The van der Waals surface area contributed by atoms with Crippen molar-refractivity contribution in [2.45, 2.75) is 57.9 Å². The number of nitrogens with zero attached hydrogens (tertiary/aromatic N) is 1. The molecule has 25 heavy (non-hydrogen) atoms. The molecule has 7 heteroatoms. The van der Waals surface area contributed by atoms with Gasteiger partial charge in [-0.15, -0.1) is 0 Å². The van der Waals surface area contributed by atoms with Gasteiger partial charge >= 0.3 is 12.3 Å². The summed E-state index contributed by atoms with van der Waals surface area (Å²) >= 11 is 0. The Labute approximate surface area is 146 Å². The van der Waals surface area contributed by atoms with Crippen LogP contribution in [0.2, 0.25) is 0 Å². The van der Waals surface area contributed by atoms with Crippen molar-refractivity contribution >= 4 is 11.8 Å². The summed E-state index contributed by atoms with van der Waals surface area (Å²) in [5.74, 6) is 0. The van der Waals surface area contributed by atoms with E-state index in [1.54, 1.807) is 11.0 Å². The zero-order chi connectivity index (χ0) is 18.7. The van der Waals surface area contributed by atoms with Crippen LogP contribution < -0.4 is 5.32 Å². The van der Waals surface area contributed by atoms with Crippen LogP contribution in [0.3, 0.4) is 0 Å². The van der Waals surface area contributed by atoms with Gasteiger partial charge in [0.25, 0.3) is 0 Å². The van der Waals surface area contributed by atoms with Crippen molar-refractivity contribution < 1.29 is 22.7 Å². The standard InChI is InChI=1S/C18H25F3N2O2/c1-17(2,3)25-16(24)23-10-5-8-14(9-11-23)22-15-7-4-6-13(12-15)18(19,20)21/h4,6-7,12,14,22H,5,8-11H2,1-3H3. The van der Waals surface area contributed by atoms with E-state index in [4.69, 9.17) is 4.74 Å². The molecule has 1 unspecified atom stereocenters. The summed E-state index contributed by atoms with van der Waals surface area (Å²) in [5.41, 5.74) is -0.758. The zero-order valence-corrected chi connectivity index (χ0v) is 14.8. The van der Waals surface area contributed by atoms with Crippen LogP contribution in [0, 0.1) is 0 Å². The lowest BCUT2D eigenvalue weighted by atomic mass is 10.1. The van der Waals surface area contributed by atoms with E-state index in [0.717, 1.165) is 25.0 Å². The molecule has 0 saturated carbocycles. The second-order valence-electron chi connectivity index (χ2n) is 7.32. The number of carbonyl (C=O) groups excluding carboxylic acids is 1. The number of hydrogen-bond donors (Lipinski definition) is 1. The molecule has 1 heterocycles. The maximum atomic E-state index is 12.8.